The molecule has 0 saturated carbocycles. The van der Waals surface area contributed by atoms with Gasteiger partial charge < -0.3 is 0 Å². The van der Waals surface area contributed by atoms with Gasteiger partial charge in [0, 0.05) is 0 Å². The quantitative estimate of drug-likeness (QED) is 0.393. The minimum atomic E-state index is -0.211. The fourth-order valence-corrected chi connectivity index (χ4v) is 0.484. The Labute approximate surface area is 81.1 Å². The summed E-state index contributed by atoms with van der Waals surface area (Å²) in [5, 5.41) is 0. The Bertz CT molecular complexity index is 152. The van der Waals surface area contributed by atoms with Gasteiger partial charge in [-0.25, -0.2) is 4.39 Å². The second-order valence-corrected chi connectivity index (χ2v) is 1.63. The maximum atomic E-state index is 12.1. The zero-order valence-corrected chi connectivity index (χ0v) is 10.6. The van der Waals surface area contributed by atoms with Gasteiger partial charge in [0.25, 0.3) is 0 Å². The average Bonchev–Trinajstić information content (AvgIpc) is 2.00. The summed E-state index contributed by atoms with van der Waals surface area (Å²) in [7, 11) is 0. The standard InChI is InChI=1S/C7H6F.HI.Zn/c1-6-2-4-7(8)5-3-6;;/h2-5H,1H2;1H;/q-1;;+2/p-1. The molecular weight excluding hydrogens is 295 g/mol. The molecule has 0 amide bonds. The second kappa shape index (κ2) is 6.11. The SMILES string of the molecule is [CH2-]c1ccc(F)cc1.[Zn+][I]. The molecule has 0 aliphatic heterocycles. The average molecular weight is 301 g/mol. The van der Waals surface area contributed by atoms with Crippen molar-refractivity contribution in [1.82, 2.24) is 0 Å². The van der Waals surface area contributed by atoms with E-state index >= 15 is 0 Å². The Hall–Kier alpha value is 0.373. The molecule has 0 spiro atoms. The Morgan fingerprint density at radius 3 is 1.90 bits per heavy atom. The van der Waals surface area contributed by atoms with E-state index in [0.29, 0.717) is 0 Å². The van der Waals surface area contributed by atoms with E-state index in [9.17, 15) is 4.39 Å². The van der Waals surface area contributed by atoms with Crippen molar-refractivity contribution in [2.24, 2.45) is 0 Å². The monoisotopic (exact) mass is 300 g/mol. The van der Waals surface area contributed by atoms with Crippen molar-refractivity contribution >= 4 is 19.8 Å². The normalized spacial score (nSPS) is 8.00. The third-order valence-electron chi connectivity index (χ3n) is 0.913. The molecule has 0 N–H and O–H groups in total. The molecule has 0 aliphatic rings. The van der Waals surface area contributed by atoms with Crippen LogP contribution in [0.2, 0.25) is 0 Å². The summed E-state index contributed by atoms with van der Waals surface area (Å²) in [4.78, 5) is 0. The van der Waals surface area contributed by atoms with Crippen LogP contribution < -0.4 is 0 Å². The summed E-state index contributed by atoms with van der Waals surface area (Å²) >= 11 is 3.62. The molecule has 0 bridgehead atoms. The topological polar surface area (TPSA) is 0 Å². The molecule has 0 heterocycles. The van der Waals surface area contributed by atoms with E-state index in [-0.39, 0.29) is 5.82 Å². The first kappa shape index (κ1) is 10.4. The van der Waals surface area contributed by atoms with Gasteiger partial charge in [0.05, 0.1) is 5.82 Å². The van der Waals surface area contributed by atoms with Crippen molar-refractivity contribution in [3.63, 3.8) is 0 Å². The van der Waals surface area contributed by atoms with E-state index in [1.807, 2.05) is 0 Å². The molecule has 0 aromatic heterocycles. The van der Waals surface area contributed by atoms with Gasteiger partial charge in [-0.1, -0.05) is 12.1 Å². The molecule has 0 atom stereocenters. The van der Waals surface area contributed by atoms with E-state index in [4.69, 9.17) is 0 Å². The summed E-state index contributed by atoms with van der Waals surface area (Å²) in [6, 6.07) is 6.05. The predicted octanol–water partition coefficient (Wildman–Crippen LogP) is 2.89. The second-order valence-electron chi connectivity index (χ2n) is 1.63. The molecule has 0 saturated heterocycles. The van der Waals surface area contributed by atoms with Crippen LogP contribution in [-0.4, -0.2) is 0 Å². The van der Waals surface area contributed by atoms with Gasteiger partial charge in [-0.05, 0) is 0 Å². The Kier molecular flexibility index (Phi) is 6.34. The first-order chi connectivity index (χ1) is 4.79. The van der Waals surface area contributed by atoms with Crippen LogP contribution in [0.15, 0.2) is 24.3 Å². The van der Waals surface area contributed by atoms with Crippen molar-refractivity contribution in [2.45, 2.75) is 0 Å². The van der Waals surface area contributed by atoms with Crippen LogP contribution in [0.3, 0.4) is 0 Å². The van der Waals surface area contributed by atoms with E-state index in [2.05, 4.69) is 26.7 Å². The fourth-order valence-electron chi connectivity index (χ4n) is 0.484. The number of rotatable bonds is 0. The number of hydrogen-bond acceptors (Lipinski definition) is 0. The van der Waals surface area contributed by atoms with Gasteiger partial charge in [-0.15, -0.1) is 0 Å². The van der Waals surface area contributed by atoms with Gasteiger partial charge in [0.2, 0.25) is 0 Å². The zero-order valence-electron chi connectivity index (χ0n) is 5.48. The van der Waals surface area contributed by atoms with Crippen LogP contribution in [-0.2, 0) is 14.8 Å². The van der Waals surface area contributed by atoms with E-state index in [1.54, 1.807) is 12.1 Å². The Balaban J connectivity index is 0.000000371. The Morgan fingerprint density at radius 2 is 1.60 bits per heavy atom. The summed E-state index contributed by atoms with van der Waals surface area (Å²) in [6.07, 6.45) is 0. The van der Waals surface area contributed by atoms with Gasteiger partial charge in [0.1, 0.15) is 0 Å². The zero-order chi connectivity index (χ0) is 7.98. The molecule has 3 heteroatoms. The van der Waals surface area contributed by atoms with E-state index < -0.39 is 0 Å². The van der Waals surface area contributed by atoms with Crippen molar-refractivity contribution < 1.29 is 19.2 Å². The van der Waals surface area contributed by atoms with Crippen LogP contribution in [0.4, 0.5) is 4.39 Å². The van der Waals surface area contributed by atoms with Gasteiger partial charge in [0.15, 0.2) is 0 Å². The molecule has 0 fully saturated rings. The molecule has 1 rings (SSSR count). The minimum absolute atomic E-state index is 0.211. The van der Waals surface area contributed by atoms with Crippen LogP contribution in [0, 0.1) is 12.7 Å². The van der Waals surface area contributed by atoms with Crippen LogP contribution in [0.25, 0.3) is 0 Å². The molecule has 1 aromatic rings. The molecule has 10 heavy (non-hydrogen) atoms. The third kappa shape index (κ3) is 4.23. The maximum absolute atomic E-state index is 12.1. The van der Waals surface area contributed by atoms with Gasteiger partial charge in [-0.2, -0.15) is 24.6 Å². The molecule has 0 unspecified atom stereocenters. The number of hydrogen-bond donors (Lipinski definition) is 0. The van der Waals surface area contributed by atoms with Crippen molar-refractivity contribution in [1.29, 1.82) is 0 Å². The molecule has 0 radical (unpaired) electrons. The van der Waals surface area contributed by atoms with Gasteiger partial charge >= 0.3 is 34.5 Å². The molecule has 0 aliphatic carbocycles. The first-order valence-electron chi connectivity index (χ1n) is 2.63. The van der Waals surface area contributed by atoms with Gasteiger partial charge in [-0.3, -0.25) is 0 Å². The Morgan fingerprint density at radius 1 is 1.20 bits per heavy atom. The molecule has 0 nitrogen and oxygen atoms in total. The van der Waals surface area contributed by atoms with E-state index in [1.165, 1.54) is 26.9 Å². The number of halogens is 2. The predicted molar refractivity (Wildman–Crippen MR) is 44.9 cm³/mol. The van der Waals surface area contributed by atoms with Crippen LogP contribution in [0.1, 0.15) is 5.56 Å². The van der Waals surface area contributed by atoms with Crippen molar-refractivity contribution in [3.05, 3.63) is 42.6 Å². The van der Waals surface area contributed by atoms with Crippen LogP contribution >= 0.6 is 19.8 Å². The van der Waals surface area contributed by atoms with E-state index in [0.717, 1.165) is 5.56 Å². The summed E-state index contributed by atoms with van der Waals surface area (Å²) in [6.45, 7) is 3.60. The third-order valence-corrected chi connectivity index (χ3v) is 0.913. The number of benzene rings is 1. The molecule has 50 valence electrons. The van der Waals surface area contributed by atoms with Crippen LogP contribution in [0.5, 0.6) is 0 Å². The fraction of sp³-hybridized carbons (Fsp3) is 0. The summed E-state index contributed by atoms with van der Waals surface area (Å²) < 4.78 is 12.1. The van der Waals surface area contributed by atoms with Crippen molar-refractivity contribution in [2.75, 3.05) is 0 Å². The molecular formula is C7H6FIZn. The molecule has 1 aromatic carbocycles. The summed E-state index contributed by atoms with van der Waals surface area (Å²) in [5.74, 6) is -0.211. The summed E-state index contributed by atoms with van der Waals surface area (Å²) in [5.41, 5.74) is 0.839. The van der Waals surface area contributed by atoms with Crippen molar-refractivity contribution in [3.8, 4) is 0 Å². The first-order valence-corrected chi connectivity index (χ1v) is 11.7.